The minimum absolute atomic E-state index is 0.232. The van der Waals surface area contributed by atoms with Crippen LogP contribution in [-0.4, -0.2) is 100 Å². The van der Waals surface area contributed by atoms with Crippen molar-refractivity contribution in [3.63, 3.8) is 0 Å². The van der Waals surface area contributed by atoms with Crippen molar-refractivity contribution in [1.29, 1.82) is 0 Å². The summed E-state index contributed by atoms with van der Waals surface area (Å²) in [5.41, 5.74) is 1.70. The monoisotopic (exact) mass is 642 g/mol. The predicted octanol–water partition coefficient (Wildman–Crippen LogP) is 1.61. The maximum atomic E-state index is 11.6. The van der Waals surface area contributed by atoms with Crippen LogP contribution in [0.15, 0.2) is 69.7 Å². The number of rotatable bonds is 11. The lowest BCUT2D eigenvalue weighted by Crippen LogP contribution is -2.35. The quantitative estimate of drug-likeness (QED) is 0.118. The lowest BCUT2D eigenvalue weighted by atomic mass is 10.3. The van der Waals surface area contributed by atoms with E-state index >= 15 is 0 Å². The Bertz CT molecular complexity index is 1470. The van der Waals surface area contributed by atoms with E-state index in [1.807, 2.05) is 0 Å². The second-order valence-electron chi connectivity index (χ2n) is 9.45. The highest BCUT2D eigenvalue weighted by Gasteiger charge is 2.20. The van der Waals surface area contributed by atoms with Crippen LogP contribution in [0.2, 0.25) is 0 Å². The zero-order valence-corrected chi connectivity index (χ0v) is 24.7. The Morgan fingerprint density at radius 2 is 1.05 bits per heavy atom. The Morgan fingerprint density at radius 3 is 1.43 bits per heavy atom. The molecule has 18 heteroatoms. The van der Waals surface area contributed by atoms with Gasteiger partial charge in [0.1, 0.15) is 0 Å². The molecule has 228 valence electrons. The van der Waals surface area contributed by atoms with E-state index < -0.39 is 20.2 Å². The molecule has 0 spiro atoms. The predicted molar refractivity (Wildman–Crippen MR) is 149 cm³/mol. The standard InChI is InChI=1S/C24H30N6O9S3/c31-38-39-40-22-1-4-25-19(13-22)16-28-7-9-29(17-20-14-23(2-5-26-20)41(32,33)34)11-12-30(10-8-28)18-21-15-24(3-6-27-21)42(35,36)37/h1-6,13-15,31H,7-12,16-18H2,(H,32,33,34)(H,35,36,37). The molecule has 4 rings (SSSR count). The lowest BCUT2D eigenvalue weighted by molar-refractivity contribution is -0.432. The molecule has 15 nitrogen and oxygen atoms in total. The number of hydrogen-bond acceptors (Lipinski definition) is 14. The molecule has 0 amide bonds. The first-order valence-corrected chi connectivity index (χ1v) is 16.2. The number of hydrogen-bond donors (Lipinski definition) is 3. The highest BCUT2D eigenvalue weighted by Crippen LogP contribution is 2.20. The molecule has 0 unspecified atom stereocenters. The second-order valence-corrected chi connectivity index (χ2v) is 13.1. The van der Waals surface area contributed by atoms with Gasteiger partial charge < -0.3 is 0 Å². The van der Waals surface area contributed by atoms with Crippen molar-refractivity contribution < 1.29 is 40.6 Å². The third-order valence-corrected chi connectivity index (χ3v) is 8.75. The van der Waals surface area contributed by atoms with E-state index in [1.54, 1.807) is 18.3 Å². The summed E-state index contributed by atoms with van der Waals surface area (Å²) in [6.07, 6.45) is 4.29. The van der Waals surface area contributed by atoms with Crippen LogP contribution in [-0.2, 0) is 49.2 Å². The molecule has 3 N–H and O–H groups in total. The van der Waals surface area contributed by atoms with Crippen molar-refractivity contribution in [3.8, 4) is 0 Å². The van der Waals surface area contributed by atoms with Crippen molar-refractivity contribution in [3.05, 3.63) is 72.1 Å². The first-order valence-electron chi connectivity index (χ1n) is 12.6. The fraction of sp³-hybridized carbons (Fsp3) is 0.375. The zero-order chi connectivity index (χ0) is 30.2. The molecule has 1 saturated heterocycles. The average Bonchev–Trinajstić information content (AvgIpc) is 3.03. The fourth-order valence-corrected chi connectivity index (χ4v) is 5.85. The average molecular weight is 643 g/mol. The summed E-state index contributed by atoms with van der Waals surface area (Å²) in [7, 11) is -8.75. The van der Waals surface area contributed by atoms with E-state index in [-0.39, 0.29) is 9.79 Å². The van der Waals surface area contributed by atoms with Crippen molar-refractivity contribution in [2.75, 3.05) is 39.3 Å². The van der Waals surface area contributed by atoms with Gasteiger partial charge >= 0.3 is 0 Å². The van der Waals surface area contributed by atoms with E-state index in [4.69, 9.17) is 5.26 Å². The maximum Gasteiger partial charge on any atom is 0.294 e. The van der Waals surface area contributed by atoms with E-state index in [2.05, 4.69) is 39.0 Å². The molecule has 0 bridgehead atoms. The van der Waals surface area contributed by atoms with Gasteiger partial charge in [-0.25, -0.2) is 5.26 Å². The number of nitrogens with zero attached hydrogens (tertiary/aromatic N) is 6. The van der Waals surface area contributed by atoms with E-state index in [1.165, 1.54) is 36.7 Å². The van der Waals surface area contributed by atoms with E-state index in [9.17, 15) is 25.9 Å². The van der Waals surface area contributed by atoms with Gasteiger partial charge in [-0.15, -0.1) is 4.33 Å². The molecule has 3 aromatic heterocycles. The van der Waals surface area contributed by atoms with Gasteiger partial charge in [-0.1, -0.05) is 5.04 Å². The Labute approximate surface area is 247 Å². The largest absolute Gasteiger partial charge is 0.295 e. The Morgan fingerprint density at radius 1 is 0.667 bits per heavy atom. The molecule has 0 aliphatic carbocycles. The van der Waals surface area contributed by atoms with Gasteiger partial charge in [-0.2, -0.15) is 16.8 Å². The van der Waals surface area contributed by atoms with E-state index in [0.717, 1.165) is 17.7 Å². The first kappa shape index (κ1) is 32.3. The first-order chi connectivity index (χ1) is 20.0. The van der Waals surface area contributed by atoms with Gasteiger partial charge in [0, 0.05) is 82.4 Å². The molecule has 0 radical (unpaired) electrons. The van der Waals surface area contributed by atoms with Crippen molar-refractivity contribution in [2.45, 2.75) is 34.3 Å². The van der Waals surface area contributed by atoms with Crippen LogP contribution in [0, 0.1) is 0 Å². The van der Waals surface area contributed by atoms with Gasteiger partial charge in [0.05, 0.1) is 38.9 Å². The second kappa shape index (κ2) is 14.7. The molecule has 4 heterocycles. The maximum absolute atomic E-state index is 11.6. The molecule has 1 aliphatic heterocycles. The summed E-state index contributed by atoms with van der Waals surface area (Å²) in [6, 6.07) is 8.65. The van der Waals surface area contributed by atoms with E-state index in [0.29, 0.717) is 75.2 Å². The Balaban J connectivity index is 1.53. The van der Waals surface area contributed by atoms with Gasteiger partial charge in [-0.3, -0.25) is 38.8 Å². The summed E-state index contributed by atoms with van der Waals surface area (Å²) in [5.74, 6) is 0. The molecule has 0 aromatic carbocycles. The van der Waals surface area contributed by atoms with Crippen molar-refractivity contribution in [2.24, 2.45) is 0 Å². The molecular formula is C24H30N6O9S3. The Kier molecular flexibility index (Phi) is 11.3. The van der Waals surface area contributed by atoms with Gasteiger partial charge in [0.15, 0.2) is 0 Å². The molecule has 0 saturated carbocycles. The van der Waals surface area contributed by atoms with Crippen LogP contribution in [0.25, 0.3) is 0 Å². The molecular weight excluding hydrogens is 612 g/mol. The smallest absolute Gasteiger partial charge is 0.294 e. The summed E-state index contributed by atoms with van der Waals surface area (Å²) in [5, 5.41) is 12.1. The zero-order valence-electron chi connectivity index (χ0n) is 22.3. The topological polar surface area (TPSA) is 196 Å². The number of pyridine rings is 3. The molecule has 0 atom stereocenters. The number of aromatic nitrogens is 3. The van der Waals surface area contributed by atoms with Gasteiger partial charge in [0.2, 0.25) is 0 Å². The van der Waals surface area contributed by atoms with Crippen LogP contribution in [0.5, 0.6) is 0 Å². The SMILES string of the molecule is O=S(=O)(O)c1ccnc(CN2CCN(Cc3cc(SOOO)ccn3)CCN(Cc3cc(S(=O)(=O)O)ccn3)CC2)c1. The molecule has 3 aromatic rings. The van der Waals surface area contributed by atoms with Crippen molar-refractivity contribution in [1.82, 2.24) is 29.7 Å². The minimum atomic E-state index is -4.38. The van der Waals surface area contributed by atoms with Crippen LogP contribution in [0.1, 0.15) is 17.1 Å². The molecule has 1 fully saturated rings. The van der Waals surface area contributed by atoms with Crippen LogP contribution in [0.3, 0.4) is 0 Å². The minimum Gasteiger partial charge on any atom is -0.295 e. The summed E-state index contributed by atoms with van der Waals surface area (Å²) in [6.45, 7) is 4.78. The third kappa shape index (κ3) is 9.99. The Hall–Kier alpha value is -2.62. The summed E-state index contributed by atoms with van der Waals surface area (Å²) >= 11 is 0.834. The van der Waals surface area contributed by atoms with Crippen molar-refractivity contribution >= 4 is 32.3 Å². The molecule has 42 heavy (non-hydrogen) atoms. The highest BCUT2D eigenvalue weighted by atomic mass is 32.2. The summed E-state index contributed by atoms with van der Waals surface area (Å²) < 4.78 is 69.9. The van der Waals surface area contributed by atoms with Gasteiger partial charge in [0.25, 0.3) is 20.2 Å². The van der Waals surface area contributed by atoms with Gasteiger partial charge in [-0.05, 0) is 36.4 Å². The van der Waals surface area contributed by atoms with Crippen LogP contribution < -0.4 is 0 Å². The van der Waals surface area contributed by atoms with Crippen LogP contribution in [0.4, 0.5) is 0 Å². The normalized spacial score (nSPS) is 16.5. The molecule has 1 aliphatic rings. The summed E-state index contributed by atoms with van der Waals surface area (Å²) in [4.78, 5) is 19.6. The third-order valence-electron chi connectivity index (χ3n) is 6.47. The van der Waals surface area contributed by atoms with Crippen LogP contribution >= 0.6 is 12.0 Å². The fourth-order valence-electron chi connectivity index (χ4n) is 4.40. The lowest BCUT2D eigenvalue weighted by Gasteiger charge is -2.25. The highest BCUT2D eigenvalue weighted by molar-refractivity contribution is 7.94.